The van der Waals surface area contributed by atoms with Crippen LogP contribution >= 0.6 is 0 Å². The molecule has 0 saturated heterocycles. The van der Waals surface area contributed by atoms with E-state index in [2.05, 4.69) is 0 Å². The monoisotopic (exact) mass is 123 g/mol. The molecule has 1 rings (SSSR count). The molecule has 0 spiro atoms. The summed E-state index contributed by atoms with van der Waals surface area (Å²) in [7, 11) is 0. The van der Waals surface area contributed by atoms with Gasteiger partial charge in [-0.1, -0.05) is 12.1 Å². The van der Waals surface area contributed by atoms with Gasteiger partial charge in [0.15, 0.2) is 0 Å². The van der Waals surface area contributed by atoms with Gasteiger partial charge in [-0.25, -0.2) is 0 Å². The van der Waals surface area contributed by atoms with E-state index in [1.165, 1.54) is 0 Å². The summed E-state index contributed by atoms with van der Waals surface area (Å²) < 4.78 is 0. The second kappa shape index (κ2) is 2.09. The highest BCUT2D eigenvalue weighted by Crippen LogP contribution is 2.17. The van der Waals surface area contributed by atoms with Crippen LogP contribution in [0.2, 0.25) is 0 Å². The molecule has 0 aliphatic rings. The fourth-order valence-corrected chi connectivity index (χ4v) is 0.736. The Morgan fingerprint density at radius 2 is 1.89 bits per heavy atom. The number of aromatic hydroxyl groups is 1. The number of phenols is 1. The predicted octanol–water partition coefficient (Wildman–Crippen LogP) is 2.01. The zero-order chi connectivity index (χ0) is 6.85. The van der Waals surface area contributed by atoms with E-state index in [-0.39, 0.29) is 0 Å². The Kier molecular flexibility index (Phi) is 1.43. The van der Waals surface area contributed by atoms with Crippen molar-refractivity contribution in [2.45, 2.75) is 13.8 Å². The van der Waals surface area contributed by atoms with Crippen LogP contribution in [-0.4, -0.2) is 5.11 Å². The molecule has 1 nitrogen and oxygen atoms in total. The van der Waals surface area contributed by atoms with Crippen LogP contribution in [-0.2, 0) is 0 Å². The second-order valence-electron chi connectivity index (χ2n) is 2.22. The van der Waals surface area contributed by atoms with E-state index < -0.39 is 0 Å². The number of aryl methyl sites for hydroxylation is 1. The van der Waals surface area contributed by atoms with Crippen molar-refractivity contribution in [2.75, 3.05) is 0 Å². The van der Waals surface area contributed by atoms with Gasteiger partial charge in [0.2, 0.25) is 0 Å². The summed E-state index contributed by atoms with van der Waals surface area (Å²) in [5, 5.41) is 9.10. The average Bonchev–Trinajstić information content (AvgIpc) is 1.83. The number of benzene rings is 1. The van der Waals surface area contributed by atoms with Gasteiger partial charge in [-0.15, -0.1) is 0 Å². The maximum absolute atomic E-state index is 9.10. The molecule has 0 radical (unpaired) electrons. The molecule has 1 N–H and O–H groups in total. The average molecular weight is 123 g/mol. The minimum Gasteiger partial charge on any atom is -0.508 e. The van der Waals surface area contributed by atoms with Gasteiger partial charge in [0.1, 0.15) is 5.75 Å². The topological polar surface area (TPSA) is 20.2 Å². The molecule has 0 saturated carbocycles. The number of hydrogen-bond donors (Lipinski definition) is 1. The Labute approximate surface area is 55.0 Å². The van der Waals surface area contributed by atoms with E-state index in [1.807, 2.05) is 26.0 Å². The van der Waals surface area contributed by atoms with Gasteiger partial charge in [-0.2, -0.15) is 0 Å². The SMILES string of the molecule is Cc1[13cH]ccc(O)c1C. The van der Waals surface area contributed by atoms with E-state index in [4.69, 9.17) is 5.11 Å². The van der Waals surface area contributed by atoms with Gasteiger partial charge in [0.25, 0.3) is 0 Å². The van der Waals surface area contributed by atoms with Crippen LogP contribution in [0.25, 0.3) is 0 Å². The van der Waals surface area contributed by atoms with Crippen molar-refractivity contribution in [3.63, 3.8) is 0 Å². The standard InChI is InChI=1S/C8H10O/c1-6-4-3-5-8(9)7(6)2/h3-5,9H,1-2H3/i4+1. The van der Waals surface area contributed by atoms with Crippen molar-refractivity contribution in [3.8, 4) is 5.75 Å². The summed E-state index contributed by atoms with van der Waals surface area (Å²) in [6, 6.07) is 5.52. The number of phenolic OH excluding ortho intramolecular Hbond substituents is 1. The summed E-state index contributed by atoms with van der Waals surface area (Å²) in [5.74, 6) is 0.384. The van der Waals surface area contributed by atoms with Gasteiger partial charge >= 0.3 is 0 Å². The highest BCUT2D eigenvalue weighted by molar-refractivity contribution is 5.36. The van der Waals surface area contributed by atoms with E-state index >= 15 is 0 Å². The molecule has 0 amide bonds. The molecule has 48 valence electrons. The van der Waals surface area contributed by atoms with Gasteiger partial charge in [0, 0.05) is 0 Å². The molecule has 0 aromatic heterocycles. The van der Waals surface area contributed by atoms with Crippen LogP contribution in [0, 0.1) is 13.8 Å². The van der Waals surface area contributed by atoms with Crippen LogP contribution in [0.5, 0.6) is 5.75 Å². The molecule has 1 aromatic carbocycles. The van der Waals surface area contributed by atoms with Crippen molar-refractivity contribution >= 4 is 0 Å². The normalized spacial score (nSPS) is 9.56. The largest absolute Gasteiger partial charge is 0.508 e. The maximum atomic E-state index is 9.10. The molecule has 1 heteroatoms. The van der Waals surface area contributed by atoms with Crippen LogP contribution in [0.1, 0.15) is 11.1 Å². The van der Waals surface area contributed by atoms with Crippen LogP contribution < -0.4 is 0 Å². The lowest BCUT2D eigenvalue weighted by Crippen LogP contribution is -1.78. The zero-order valence-corrected chi connectivity index (χ0v) is 5.68. The fourth-order valence-electron chi connectivity index (χ4n) is 0.736. The van der Waals surface area contributed by atoms with Crippen molar-refractivity contribution in [1.29, 1.82) is 0 Å². The summed E-state index contributed by atoms with van der Waals surface area (Å²) in [4.78, 5) is 0. The van der Waals surface area contributed by atoms with Gasteiger partial charge in [-0.05, 0) is 31.0 Å². The Morgan fingerprint density at radius 1 is 1.22 bits per heavy atom. The molecule has 0 bridgehead atoms. The zero-order valence-electron chi connectivity index (χ0n) is 5.68. The fraction of sp³-hybridized carbons (Fsp3) is 0.250. The van der Waals surface area contributed by atoms with Crippen molar-refractivity contribution in [1.82, 2.24) is 0 Å². The Morgan fingerprint density at radius 3 is 2.33 bits per heavy atom. The third-order valence-corrected chi connectivity index (χ3v) is 1.58. The van der Waals surface area contributed by atoms with E-state index in [1.54, 1.807) is 6.07 Å². The summed E-state index contributed by atoms with van der Waals surface area (Å²) in [6.45, 7) is 3.89. The molecule has 9 heavy (non-hydrogen) atoms. The third kappa shape index (κ3) is 1.04. The second-order valence-corrected chi connectivity index (χ2v) is 2.22. The minimum atomic E-state index is 0.384. The van der Waals surface area contributed by atoms with Crippen LogP contribution in [0.3, 0.4) is 0 Å². The highest BCUT2D eigenvalue weighted by atomic mass is 16.3. The summed E-state index contributed by atoms with van der Waals surface area (Å²) in [5.41, 5.74) is 2.10. The molecule has 0 atom stereocenters. The first-order valence-corrected chi connectivity index (χ1v) is 2.97. The quantitative estimate of drug-likeness (QED) is 0.559. The lowest BCUT2D eigenvalue weighted by Gasteiger charge is -1.99. The molecule has 0 fully saturated rings. The molecule has 0 heterocycles. The van der Waals surface area contributed by atoms with Gasteiger partial charge in [0.05, 0.1) is 0 Å². The first-order chi connectivity index (χ1) is 4.22. The molecule has 0 aliphatic heterocycles. The summed E-state index contributed by atoms with van der Waals surface area (Å²) in [6.07, 6.45) is 0. The Balaban J connectivity index is 3.25. The molecular formula is C8H10O. The molecule has 1 aromatic rings. The van der Waals surface area contributed by atoms with E-state index in [0.717, 1.165) is 11.1 Å². The first-order valence-electron chi connectivity index (χ1n) is 2.97. The lowest BCUT2D eigenvalue weighted by molar-refractivity contribution is 0.470. The molecule has 0 aliphatic carbocycles. The number of rotatable bonds is 0. The summed E-state index contributed by atoms with van der Waals surface area (Å²) >= 11 is 0. The van der Waals surface area contributed by atoms with E-state index in [9.17, 15) is 0 Å². The van der Waals surface area contributed by atoms with Crippen LogP contribution in [0.4, 0.5) is 0 Å². The third-order valence-electron chi connectivity index (χ3n) is 1.58. The van der Waals surface area contributed by atoms with Crippen molar-refractivity contribution in [2.24, 2.45) is 0 Å². The maximum Gasteiger partial charge on any atom is 0.118 e. The van der Waals surface area contributed by atoms with Gasteiger partial charge < -0.3 is 5.11 Å². The van der Waals surface area contributed by atoms with Crippen LogP contribution in [0.15, 0.2) is 18.2 Å². The molecular weight excluding hydrogens is 113 g/mol. The van der Waals surface area contributed by atoms with Crippen molar-refractivity contribution in [3.05, 3.63) is 29.3 Å². The Hall–Kier alpha value is -0.980. The molecule has 0 unspecified atom stereocenters. The Bertz CT molecular complexity index is 196. The lowest BCUT2D eigenvalue weighted by atomic mass is 10.2. The predicted molar refractivity (Wildman–Crippen MR) is 37.6 cm³/mol. The first kappa shape index (κ1) is 6.14. The minimum absolute atomic E-state index is 0.384. The number of hydrogen-bond acceptors (Lipinski definition) is 1. The smallest absolute Gasteiger partial charge is 0.118 e. The highest BCUT2D eigenvalue weighted by Gasteiger charge is 1.94. The van der Waals surface area contributed by atoms with Crippen molar-refractivity contribution < 1.29 is 5.11 Å². The van der Waals surface area contributed by atoms with Gasteiger partial charge in [-0.3, -0.25) is 0 Å². The van der Waals surface area contributed by atoms with E-state index in [0.29, 0.717) is 5.75 Å².